The van der Waals surface area contributed by atoms with Gasteiger partial charge >= 0.3 is 6.18 Å². The van der Waals surface area contributed by atoms with Crippen molar-refractivity contribution in [2.45, 2.75) is 30.8 Å². The van der Waals surface area contributed by atoms with Gasteiger partial charge in [-0.25, -0.2) is 0 Å². The lowest BCUT2D eigenvalue weighted by molar-refractivity contribution is -0.137. The van der Waals surface area contributed by atoms with E-state index in [1.807, 2.05) is 36.1 Å². The first-order chi connectivity index (χ1) is 14.7. The van der Waals surface area contributed by atoms with Gasteiger partial charge in [0.2, 0.25) is 0 Å². The number of piperidine rings is 1. The molecule has 0 bridgehead atoms. The minimum atomic E-state index is -4.49. The van der Waals surface area contributed by atoms with Gasteiger partial charge in [0.1, 0.15) is 0 Å². The van der Waals surface area contributed by atoms with Crippen LogP contribution in [0.3, 0.4) is 0 Å². The van der Waals surface area contributed by atoms with Crippen LogP contribution in [0.5, 0.6) is 0 Å². The molecule has 0 N–H and O–H groups in total. The van der Waals surface area contributed by atoms with Crippen LogP contribution in [-0.2, 0) is 6.18 Å². The van der Waals surface area contributed by atoms with E-state index in [9.17, 15) is 22.8 Å². The van der Waals surface area contributed by atoms with E-state index in [4.69, 9.17) is 0 Å². The zero-order chi connectivity index (χ0) is 22.2. The third-order valence-corrected chi connectivity index (χ3v) is 7.62. The van der Waals surface area contributed by atoms with Gasteiger partial charge in [-0.05, 0) is 49.6 Å². The summed E-state index contributed by atoms with van der Waals surface area (Å²) >= 11 is 1.74. The third kappa shape index (κ3) is 4.18. The monoisotopic (exact) mass is 448 g/mol. The second kappa shape index (κ2) is 8.22. The van der Waals surface area contributed by atoms with Gasteiger partial charge in [-0.15, -0.1) is 11.8 Å². The predicted molar refractivity (Wildman–Crippen MR) is 114 cm³/mol. The fraction of sp³-hybridized carbons (Fsp3) is 0.391. The number of benzene rings is 2. The Morgan fingerprint density at radius 1 is 0.968 bits per heavy atom. The molecular weight excluding hydrogens is 425 g/mol. The highest BCUT2D eigenvalue weighted by atomic mass is 32.2. The Kier molecular flexibility index (Phi) is 5.77. The standard InChI is InChI=1S/C23H23F3N2O2S/c1-16-5-2-3-8-19(16)21(30)28-13-14-31-22(28)9-11-27(12-10-22)20(29)17-6-4-7-18(15-17)23(24,25)26/h2-8,15H,9-14H2,1H3. The molecule has 2 amide bonds. The Morgan fingerprint density at radius 3 is 2.35 bits per heavy atom. The molecule has 0 aliphatic carbocycles. The van der Waals surface area contributed by atoms with Gasteiger partial charge < -0.3 is 9.80 Å². The Balaban J connectivity index is 1.48. The van der Waals surface area contributed by atoms with Crippen LogP contribution >= 0.6 is 11.8 Å². The molecule has 2 aliphatic heterocycles. The summed E-state index contributed by atoms with van der Waals surface area (Å²) in [6, 6.07) is 12.1. The topological polar surface area (TPSA) is 40.6 Å². The van der Waals surface area contributed by atoms with E-state index in [2.05, 4.69) is 0 Å². The SMILES string of the molecule is Cc1ccccc1C(=O)N1CCSC12CCN(C(=O)c1cccc(C(F)(F)F)c1)CC2. The number of aryl methyl sites for hydroxylation is 1. The minimum absolute atomic E-state index is 0.000699. The molecule has 2 aromatic carbocycles. The van der Waals surface area contributed by atoms with Crippen LogP contribution in [0.15, 0.2) is 48.5 Å². The highest BCUT2D eigenvalue weighted by molar-refractivity contribution is 8.00. The molecule has 2 aromatic rings. The van der Waals surface area contributed by atoms with Gasteiger partial charge in [0, 0.05) is 36.5 Å². The average molecular weight is 449 g/mol. The zero-order valence-electron chi connectivity index (χ0n) is 17.1. The second-order valence-corrected chi connectivity index (χ2v) is 9.39. The van der Waals surface area contributed by atoms with E-state index in [-0.39, 0.29) is 16.3 Å². The number of alkyl halides is 3. The first-order valence-corrected chi connectivity index (χ1v) is 11.2. The van der Waals surface area contributed by atoms with Crippen LogP contribution in [-0.4, -0.2) is 51.9 Å². The second-order valence-electron chi connectivity index (χ2n) is 7.94. The summed E-state index contributed by atoms with van der Waals surface area (Å²) in [6.07, 6.45) is -3.29. The van der Waals surface area contributed by atoms with Crippen molar-refractivity contribution in [1.29, 1.82) is 0 Å². The van der Waals surface area contributed by atoms with Gasteiger partial charge in [0.05, 0.1) is 10.4 Å². The van der Waals surface area contributed by atoms with E-state index in [0.717, 1.165) is 23.4 Å². The first-order valence-electron chi connectivity index (χ1n) is 10.2. The van der Waals surface area contributed by atoms with Crippen molar-refractivity contribution in [3.63, 3.8) is 0 Å². The Hall–Kier alpha value is -2.48. The van der Waals surface area contributed by atoms with Crippen LogP contribution in [0.25, 0.3) is 0 Å². The van der Waals surface area contributed by atoms with E-state index in [1.54, 1.807) is 16.7 Å². The average Bonchev–Trinajstić information content (AvgIpc) is 3.16. The molecule has 2 heterocycles. The van der Waals surface area contributed by atoms with Crippen molar-refractivity contribution in [2.24, 2.45) is 0 Å². The maximum atomic E-state index is 13.2. The number of rotatable bonds is 2. The number of carbonyl (C=O) groups excluding carboxylic acids is 2. The molecule has 1 spiro atoms. The van der Waals surface area contributed by atoms with E-state index < -0.39 is 17.6 Å². The van der Waals surface area contributed by atoms with Crippen LogP contribution < -0.4 is 0 Å². The van der Waals surface area contributed by atoms with Crippen molar-refractivity contribution in [3.8, 4) is 0 Å². The van der Waals surface area contributed by atoms with E-state index in [0.29, 0.717) is 38.0 Å². The van der Waals surface area contributed by atoms with Crippen molar-refractivity contribution >= 4 is 23.6 Å². The molecule has 164 valence electrons. The lowest BCUT2D eigenvalue weighted by Crippen LogP contribution is -2.53. The molecule has 0 atom stereocenters. The molecule has 4 nitrogen and oxygen atoms in total. The fourth-order valence-corrected chi connectivity index (χ4v) is 5.79. The number of hydrogen-bond acceptors (Lipinski definition) is 3. The van der Waals surface area contributed by atoms with Crippen molar-refractivity contribution < 1.29 is 22.8 Å². The van der Waals surface area contributed by atoms with Crippen LogP contribution in [0, 0.1) is 6.92 Å². The van der Waals surface area contributed by atoms with E-state index in [1.165, 1.54) is 12.1 Å². The number of hydrogen-bond donors (Lipinski definition) is 0. The summed E-state index contributed by atoms with van der Waals surface area (Å²) < 4.78 is 39.0. The van der Waals surface area contributed by atoms with Crippen LogP contribution in [0.4, 0.5) is 13.2 Å². The summed E-state index contributed by atoms with van der Waals surface area (Å²) in [4.78, 5) is 29.2. The molecule has 0 unspecified atom stereocenters. The summed E-state index contributed by atoms with van der Waals surface area (Å²) in [7, 11) is 0. The van der Waals surface area contributed by atoms with Gasteiger partial charge in [0.25, 0.3) is 11.8 Å². The van der Waals surface area contributed by atoms with Crippen LogP contribution in [0.1, 0.15) is 44.7 Å². The number of thioether (sulfide) groups is 1. The molecule has 8 heteroatoms. The lowest BCUT2D eigenvalue weighted by Gasteiger charge is -2.44. The van der Waals surface area contributed by atoms with Gasteiger partial charge in [-0.1, -0.05) is 24.3 Å². The van der Waals surface area contributed by atoms with E-state index >= 15 is 0 Å². The molecule has 4 rings (SSSR count). The summed E-state index contributed by atoms with van der Waals surface area (Å²) in [6.45, 7) is 3.37. The molecule has 0 radical (unpaired) electrons. The summed E-state index contributed by atoms with van der Waals surface area (Å²) in [5.74, 6) is 0.431. The lowest BCUT2D eigenvalue weighted by atomic mass is 9.99. The molecule has 0 saturated carbocycles. The molecular formula is C23H23F3N2O2S. The Labute approximate surface area is 183 Å². The van der Waals surface area contributed by atoms with Crippen molar-refractivity contribution in [2.75, 3.05) is 25.4 Å². The number of nitrogens with zero attached hydrogens (tertiary/aromatic N) is 2. The zero-order valence-corrected chi connectivity index (χ0v) is 17.9. The molecule has 2 fully saturated rings. The number of amides is 2. The molecule has 31 heavy (non-hydrogen) atoms. The normalized spacial score (nSPS) is 18.5. The summed E-state index contributed by atoms with van der Waals surface area (Å²) in [5.41, 5.74) is 0.828. The maximum absolute atomic E-state index is 13.2. The largest absolute Gasteiger partial charge is 0.416 e. The summed E-state index contributed by atoms with van der Waals surface area (Å²) in [5, 5.41) is 0. The Morgan fingerprint density at radius 2 is 1.68 bits per heavy atom. The smallest absolute Gasteiger partial charge is 0.338 e. The molecule has 2 aliphatic rings. The van der Waals surface area contributed by atoms with Gasteiger partial charge in [0.15, 0.2) is 0 Å². The highest BCUT2D eigenvalue weighted by Gasteiger charge is 2.47. The molecule has 2 saturated heterocycles. The first kappa shape index (κ1) is 21.7. The number of carbonyl (C=O) groups is 2. The van der Waals surface area contributed by atoms with Gasteiger partial charge in [-0.3, -0.25) is 9.59 Å². The number of likely N-dealkylation sites (tertiary alicyclic amines) is 1. The minimum Gasteiger partial charge on any atom is -0.338 e. The molecule has 0 aromatic heterocycles. The van der Waals surface area contributed by atoms with Crippen LogP contribution in [0.2, 0.25) is 0 Å². The van der Waals surface area contributed by atoms with Crippen molar-refractivity contribution in [3.05, 3.63) is 70.8 Å². The fourth-order valence-electron chi connectivity index (χ4n) is 4.34. The third-order valence-electron chi connectivity index (χ3n) is 6.07. The van der Waals surface area contributed by atoms with Crippen molar-refractivity contribution in [1.82, 2.24) is 9.80 Å². The predicted octanol–water partition coefficient (Wildman–Crippen LogP) is 4.84. The number of halogens is 3. The maximum Gasteiger partial charge on any atom is 0.416 e. The highest BCUT2D eigenvalue weighted by Crippen LogP contribution is 2.45. The Bertz CT molecular complexity index is 1000. The van der Waals surface area contributed by atoms with Gasteiger partial charge in [-0.2, -0.15) is 13.2 Å². The quantitative estimate of drug-likeness (QED) is 0.661.